The number of nitrogens with zero attached hydrogens (tertiary/aromatic N) is 2. The van der Waals surface area contributed by atoms with E-state index in [1.54, 1.807) is 0 Å². The van der Waals surface area contributed by atoms with Crippen molar-refractivity contribution in [2.45, 2.75) is 33.7 Å². The molecule has 0 aliphatic heterocycles. The molecule has 0 N–H and O–H groups in total. The summed E-state index contributed by atoms with van der Waals surface area (Å²) in [6, 6.07) is 0. The minimum atomic E-state index is 0.660. The Morgan fingerprint density at radius 3 is 2.82 bits per heavy atom. The number of hydrogen-bond acceptors (Lipinski definition) is 1. The molecule has 2 nitrogen and oxygen atoms in total. The van der Waals surface area contributed by atoms with Crippen molar-refractivity contribution in [1.29, 1.82) is 0 Å². The Bertz CT molecular complexity index is 213. The predicted octanol–water partition coefficient (Wildman–Crippen LogP) is 1.90. The van der Waals surface area contributed by atoms with E-state index in [1.807, 2.05) is 4.68 Å². The van der Waals surface area contributed by atoms with Crippen LogP contribution in [0.25, 0.3) is 0 Å². The number of aromatic nitrogens is 2. The van der Waals surface area contributed by atoms with Crippen molar-refractivity contribution in [3.63, 3.8) is 0 Å². The lowest BCUT2D eigenvalue weighted by Crippen LogP contribution is -2.04. The van der Waals surface area contributed by atoms with E-state index >= 15 is 0 Å². The van der Waals surface area contributed by atoms with E-state index in [2.05, 4.69) is 38.3 Å². The maximum absolute atomic E-state index is 4.12. The normalized spacial score (nSPS) is 10.9. The van der Waals surface area contributed by atoms with Crippen LogP contribution < -0.4 is 0 Å². The summed E-state index contributed by atoms with van der Waals surface area (Å²) in [5, 5.41) is 4.12. The summed E-state index contributed by atoms with van der Waals surface area (Å²) < 4.78 is 1.96. The van der Waals surface area contributed by atoms with Gasteiger partial charge in [0.25, 0.3) is 0 Å². The van der Waals surface area contributed by atoms with Gasteiger partial charge < -0.3 is 0 Å². The third-order valence-electron chi connectivity index (χ3n) is 1.56. The maximum atomic E-state index is 4.12. The second-order valence-electron chi connectivity index (χ2n) is 3.24. The molecule has 0 aliphatic rings. The molecule has 0 atom stereocenters. The highest BCUT2D eigenvalue weighted by molar-refractivity contribution is 5.00. The van der Waals surface area contributed by atoms with Gasteiger partial charge in [0.15, 0.2) is 0 Å². The third-order valence-corrected chi connectivity index (χ3v) is 1.56. The first-order valence-corrected chi connectivity index (χ1v) is 4.16. The van der Waals surface area contributed by atoms with Gasteiger partial charge in [0, 0.05) is 12.7 Å². The van der Waals surface area contributed by atoms with Crippen LogP contribution in [0.5, 0.6) is 0 Å². The van der Waals surface area contributed by atoms with E-state index in [4.69, 9.17) is 0 Å². The summed E-state index contributed by atoms with van der Waals surface area (Å²) in [6.45, 7) is 7.49. The highest BCUT2D eigenvalue weighted by Crippen LogP contribution is 2.01. The maximum Gasteiger partial charge on any atom is 0.116 e. The molecule has 1 radical (unpaired) electrons. The average Bonchev–Trinajstić information content (AvgIpc) is 2.34. The van der Waals surface area contributed by atoms with Crippen molar-refractivity contribution in [3.05, 3.63) is 18.0 Å². The van der Waals surface area contributed by atoms with Crippen LogP contribution in [0.1, 0.15) is 26.3 Å². The Balaban J connectivity index is 2.58. The number of hydrogen-bond donors (Lipinski definition) is 0. The summed E-state index contributed by atoms with van der Waals surface area (Å²) in [5.74, 6) is 0.660. The van der Waals surface area contributed by atoms with Gasteiger partial charge in [-0.25, -0.2) is 0 Å². The molecule has 1 aromatic heterocycles. The van der Waals surface area contributed by atoms with Gasteiger partial charge >= 0.3 is 0 Å². The van der Waals surface area contributed by atoms with Crippen LogP contribution >= 0.6 is 0 Å². The van der Waals surface area contributed by atoms with Gasteiger partial charge in [0.2, 0.25) is 0 Å². The largest absolute Gasteiger partial charge is 0.272 e. The monoisotopic (exact) mass is 151 g/mol. The summed E-state index contributed by atoms with van der Waals surface area (Å²) in [6.07, 6.45) is 6.07. The second kappa shape index (κ2) is 3.56. The molecule has 0 unspecified atom stereocenters. The second-order valence-corrected chi connectivity index (χ2v) is 3.24. The summed E-state index contributed by atoms with van der Waals surface area (Å²) in [4.78, 5) is 0. The molecule has 1 aromatic rings. The van der Waals surface area contributed by atoms with Crippen LogP contribution in [0, 0.1) is 12.1 Å². The minimum absolute atomic E-state index is 0.660. The van der Waals surface area contributed by atoms with E-state index in [1.165, 1.54) is 5.56 Å². The van der Waals surface area contributed by atoms with E-state index in [0.29, 0.717) is 5.92 Å². The molecule has 1 heterocycles. The highest BCUT2D eigenvalue weighted by atomic mass is 15.3. The lowest BCUT2D eigenvalue weighted by molar-refractivity contribution is 0.482. The van der Waals surface area contributed by atoms with Crippen LogP contribution in [-0.2, 0) is 13.0 Å². The highest BCUT2D eigenvalue weighted by Gasteiger charge is 1.98. The van der Waals surface area contributed by atoms with Gasteiger partial charge in [0.05, 0.1) is 0 Å². The molecule has 0 bridgehead atoms. The van der Waals surface area contributed by atoms with Gasteiger partial charge in [-0.1, -0.05) is 20.8 Å². The zero-order chi connectivity index (χ0) is 8.27. The van der Waals surface area contributed by atoms with E-state index < -0.39 is 0 Å². The first-order valence-electron chi connectivity index (χ1n) is 4.16. The fourth-order valence-electron chi connectivity index (χ4n) is 1.00. The topological polar surface area (TPSA) is 17.8 Å². The summed E-state index contributed by atoms with van der Waals surface area (Å²) >= 11 is 0. The van der Waals surface area contributed by atoms with Gasteiger partial charge in [0.1, 0.15) is 6.20 Å². The Labute approximate surface area is 68.2 Å². The fourth-order valence-corrected chi connectivity index (χ4v) is 1.00. The first kappa shape index (κ1) is 8.31. The first-order chi connectivity index (χ1) is 5.22. The van der Waals surface area contributed by atoms with Crippen LogP contribution in [0.15, 0.2) is 6.20 Å². The van der Waals surface area contributed by atoms with Crippen LogP contribution in [0.4, 0.5) is 0 Å². The average molecular weight is 151 g/mol. The van der Waals surface area contributed by atoms with E-state index in [0.717, 1.165) is 13.0 Å². The lowest BCUT2D eigenvalue weighted by Gasteiger charge is -2.02. The van der Waals surface area contributed by atoms with E-state index in [-0.39, 0.29) is 0 Å². The van der Waals surface area contributed by atoms with Crippen molar-refractivity contribution >= 4 is 0 Å². The zero-order valence-corrected chi connectivity index (χ0v) is 7.46. The van der Waals surface area contributed by atoms with Crippen molar-refractivity contribution in [2.75, 3.05) is 0 Å². The zero-order valence-electron chi connectivity index (χ0n) is 7.46. The Hall–Kier alpha value is -0.790. The lowest BCUT2D eigenvalue weighted by atomic mass is 10.2. The molecule has 11 heavy (non-hydrogen) atoms. The predicted molar refractivity (Wildman–Crippen MR) is 45.3 cm³/mol. The summed E-state index contributed by atoms with van der Waals surface area (Å²) in [5.41, 5.74) is 1.20. The molecule has 0 fully saturated rings. The molecule has 0 aromatic carbocycles. The van der Waals surface area contributed by atoms with Crippen LogP contribution in [-0.4, -0.2) is 9.78 Å². The van der Waals surface area contributed by atoms with Crippen molar-refractivity contribution < 1.29 is 0 Å². The van der Waals surface area contributed by atoms with Crippen molar-refractivity contribution in [2.24, 2.45) is 5.92 Å². The standard InChI is InChI=1S/C9H15N2/c1-4-9-5-10-11(7-9)6-8(2)3/h7-8H,4,6H2,1-3H3. The molecular weight excluding hydrogens is 136 g/mol. The molecule has 1 rings (SSSR count). The molecule has 0 saturated carbocycles. The molecule has 0 amide bonds. The Morgan fingerprint density at radius 1 is 1.64 bits per heavy atom. The molecule has 0 spiro atoms. The Kier molecular flexibility index (Phi) is 2.69. The Morgan fingerprint density at radius 2 is 2.36 bits per heavy atom. The number of aryl methyl sites for hydroxylation is 1. The summed E-state index contributed by atoms with van der Waals surface area (Å²) in [7, 11) is 0. The molecule has 2 heteroatoms. The SMILES string of the molecule is CCc1[c]nn(CC(C)C)c1. The molecular formula is C9H15N2. The van der Waals surface area contributed by atoms with Crippen molar-refractivity contribution in [1.82, 2.24) is 9.78 Å². The van der Waals surface area contributed by atoms with Crippen LogP contribution in [0.3, 0.4) is 0 Å². The van der Waals surface area contributed by atoms with Gasteiger partial charge in [-0.2, -0.15) is 5.10 Å². The minimum Gasteiger partial charge on any atom is -0.272 e. The van der Waals surface area contributed by atoms with Gasteiger partial charge in [-0.05, 0) is 17.9 Å². The fraction of sp³-hybridized carbons (Fsp3) is 0.667. The van der Waals surface area contributed by atoms with Crippen LogP contribution in [0.2, 0.25) is 0 Å². The van der Waals surface area contributed by atoms with Gasteiger partial charge in [-0.3, -0.25) is 4.68 Å². The smallest absolute Gasteiger partial charge is 0.116 e. The van der Waals surface area contributed by atoms with E-state index in [9.17, 15) is 0 Å². The number of rotatable bonds is 3. The quantitative estimate of drug-likeness (QED) is 0.645. The molecule has 0 aliphatic carbocycles. The van der Waals surface area contributed by atoms with Gasteiger partial charge in [-0.15, -0.1) is 0 Å². The molecule has 0 saturated heterocycles. The molecule has 61 valence electrons. The van der Waals surface area contributed by atoms with Crippen molar-refractivity contribution in [3.8, 4) is 0 Å². The third kappa shape index (κ3) is 2.37.